The number of hydrogen-bond acceptors (Lipinski definition) is 4. The minimum Gasteiger partial charge on any atom is -0.508 e. The van der Waals surface area contributed by atoms with Gasteiger partial charge in [-0.05, 0) is 73.7 Å². The lowest BCUT2D eigenvalue weighted by atomic mass is 10.1. The molecule has 2 aromatic carbocycles. The minimum atomic E-state index is -0.0613. The van der Waals surface area contributed by atoms with Crippen LogP contribution >= 0.6 is 0 Å². The Morgan fingerprint density at radius 1 is 1.24 bits per heavy atom. The molecule has 1 amide bonds. The Kier molecular flexibility index (Phi) is 5.12. The number of phenolic OH excluding ortho intramolecular Hbond substituents is 1. The third kappa shape index (κ3) is 4.05. The molecule has 0 atom stereocenters. The molecule has 5 nitrogen and oxygen atoms in total. The fraction of sp³-hybridized carbons (Fsp3) is 0.350. The summed E-state index contributed by atoms with van der Waals surface area (Å²) >= 11 is 0. The van der Waals surface area contributed by atoms with Gasteiger partial charge in [0.15, 0.2) is 0 Å². The van der Waals surface area contributed by atoms with Crippen molar-refractivity contribution >= 4 is 17.3 Å². The number of methoxy groups -OCH3 is 1. The van der Waals surface area contributed by atoms with Gasteiger partial charge in [0.25, 0.3) is 0 Å². The zero-order valence-corrected chi connectivity index (χ0v) is 14.7. The van der Waals surface area contributed by atoms with E-state index >= 15 is 0 Å². The summed E-state index contributed by atoms with van der Waals surface area (Å²) in [6, 6.07) is 11.1. The van der Waals surface area contributed by atoms with Crippen molar-refractivity contribution in [2.24, 2.45) is 0 Å². The normalized spacial score (nSPS) is 13.8. The molecular formula is C20H24N2O3. The van der Waals surface area contributed by atoms with Gasteiger partial charge < -0.3 is 20.1 Å². The quantitative estimate of drug-likeness (QED) is 0.837. The van der Waals surface area contributed by atoms with Crippen molar-refractivity contribution in [3.8, 4) is 11.5 Å². The number of ether oxygens (including phenoxy) is 1. The lowest BCUT2D eigenvalue weighted by Gasteiger charge is -2.24. The van der Waals surface area contributed by atoms with Gasteiger partial charge in [-0.1, -0.05) is 0 Å². The largest absolute Gasteiger partial charge is 0.508 e. The van der Waals surface area contributed by atoms with Crippen LogP contribution in [0.15, 0.2) is 36.4 Å². The molecule has 0 saturated heterocycles. The van der Waals surface area contributed by atoms with E-state index in [0.717, 1.165) is 42.8 Å². The summed E-state index contributed by atoms with van der Waals surface area (Å²) in [6.07, 6.45) is 3.17. The maximum Gasteiger partial charge on any atom is 0.243 e. The fourth-order valence-electron chi connectivity index (χ4n) is 3.21. The van der Waals surface area contributed by atoms with Crippen molar-refractivity contribution in [1.29, 1.82) is 0 Å². The van der Waals surface area contributed by atoms with Gasteiger partial charge in [0.1, 0.15) is 11.5 Å². The van der Waals surface area contributed by atoms with Gasteiger partial charge >= 0.3 is 0 Å². The van der Waals surface area contributed by atoms with Gasteiger partial charge in [-0.15, -0.1) is 0 Å². The molecule has 0 fully saturated rings. The highest BCUT2D eigenvalue weighted by molar-refractivity contribution is 5.94. The van der Waals surface area contributed by atoms with Crippen molar-refractivity contribution in [3.63, 3.8) is 0 Å². The number of hydrogen-bond donors (Lipinski definition) is 2. The van der Waals surface area contributed by atoms with Crippen LogP contribution in [0.4, 0.5) is 11.4 Å². The number of rotatable bonds is 4. The SMILES string of the molecule is COc1ccc2c(c1)CCCCN2CC(=O)Nc1ccc(O)c(C)c1. The Labute approximate surface area is 148 Å². The number of nitrogens with zero attached hydrogens (tertiary/aromatic N) is 1. The van der Waals surface area contributed by atoms with Crippen LogP contribution in [0.5, 0.6) is 11.5 Å². The molecule has 0 aliphatic carbocycles. The number of anilines is 2. The van der Waals surface area contributed by atoms with Gasteiger partial charge in [-0.25, -0.2) is 0 Å². The number of nitrogens with one attached hydrogen (secondary N) is 1. The maximum atomic E-state index is 12.5. The zero-order valence-electron chi connectivity index (χ0n) is 14.7. The van der Waals surface area contributed by atoms with Crippen LogP contribution in [0.2, 0.25) is 0 Å². The number of phenols is 1. The van der Waals surface area contributed by atoms with Gasteiger partial charge in [0, 0.05) is 17.9 Å². The molecule has 1 aliphatic rings. The lowest BCUT2D eigenvalue weighted by molar-refractivity contribution is -0.115. The van der Waals surface area contributed by atoms with Crippen LogP contribution < -0.4 is 15.0 Å². The van der Waals surface area contributed by atoms with E-state index in [0.29, 0.717) is 12.2 Å². The highest BCUT2D eigenvalue weighted by atomic mass is 16.5. The van der Waals surface area contributed by atoms with E-state index in [-0.39, 0.29) is 11.7 Å². The Morgan fingerprint density at radius 3 is 2.84 bits per heavy atom. The maximum absolute atomic E-state index is 12.5. The Balaban J connectivity index is 1.73. The summed E-state index contributed by atoms with van der Waals surface area (Å²) in [4.78, 5) is 14.6. The summed E-state index contributed by atoms with van der Waals surface area (Å²) < 4.78 is 5.32. The molecule has 25 heavy (non-hydrogen) atoms. The standard InChI is InChI=1S/C20H24N2O3/c1-14-11-16(6-9-19(14)23)21-20(24)13-22-10-4-3-5-15-12-17(25-2)7-8-18(15)22/h6-9,11-12,23H,3-5,10,13H2,1-2H3,(H,21,24). The number of aryl methyl sites for hydroxylation is 2. The lowest BCUT2D eigenvalue weighted by Crippen LogP contribution is -2.34. The van der Waals surface area contributed by atoms with Crippen molar-refractivity contribution in [2.45, 2.75) is 26.2 Å². The first kappa shape index (κ1) is 17.1. The van der Waals surface area contributed by atoms with Gasteiger partial charge in [0.05, 0.1) is 13.7 Å². The highest BCUT2D eigenvalue weighted by Crippen LogP contribution is 2.30. The van der Waals surface area contributed by atoms with E-state index in [1.54, 1.807) is 25.3 Å². The molecule has 3 rings (SSSR count). The summed E-state index contributed by atoms with van der Waals surface area (Å²) in [7, 11) is 1.67. The molecule has 2 N–H and O–H groups in total. The molecule has 0 bridgehead atoms. The van der Waals surface area contributed by atoms with Gasteiger partial charge in [-0.2, -0.15) is 0 Å². The smallest absolute Gasteiger partial charge is 0.243 e. The third-order valence-electron chi connectivity index (χ3n) is 4.57. The second kappa shape index (κ2) is 7.47. The van der Waals surface area contributed by atoms with Crippen LogP contribution in [-0.4, -0.2) is 31.2 Å². The fourth-order valence-corrected chi connectivity index (χ4v) is 3.21. The van der Waals surface area contributed by atoms with E-state index < -0.39 is 0 Å². The van der Waals surface area contributed by atoms with Crippen LogP contribution in [0.3, 0.4) is 0 Å². The number of carbonyl (C=O) groups excluding carboxylic acids is 1. The van der Waals surface area contributed by atoms with E-state index in [1.807, 2.05) is 19.1 Å². The summed E-state index contributed by atoms with van der Waals surface area (Å²) in [5.41, 5.74) is 3.77. The van der Waals surface area contributed by atoms with Crippen molar-refractivity contribution in [1.82, 2.24) is 0 Å². The van der Waals surface area contributed by atoms with Gasteiger partial charge in [-0.3, -0.25) is 4.79 Å². The van der Waals surface area contributed by atoms with Crippen LogP contribution in [0, 0.1) is 6.92 Å². The van der Waals surface area contributed by atoms with Gasteiger partial charge in [0.2, 0.25) is 5.91 Å². The van der Waals surface area contributed by atoms with Crippen molar-refractivity contribution < 1.29 is 14.6 Å². The van der Waals surface area contributed by atoms with E-state index in [2.05, 4.69) is 16.3 Å². The number of benzene rings is 2. The Hall–Kier alpha value is -2.69. The minimum absolute atomic E-state index is 0.0613. The van der Waals surface area contributed by atoms with Crippen molar-refractivity contribution in [3.05, 3.63) is 47.5 Å². The van der Waals surface area contributed by atoms with Crippen LogP contribution in [-0.2, 0) is 11.2 Å². The predicted octanol–water partition coefficient (Wildman–Crippen LogP) is 3.49. The number of fused-ring (bicyclic) bond motifs is 1. The molecule has 0 spiro atoms. The monoisotopic (exact) mass is 340 g/mol. The average molecular weight is 340 g/mol. The Morgan fingerprint density at radius 2 is 2.08 bits per heavy atom. The predicted molar refractivity (Wildman–Crippen MR) is 99.6 cm³/mol. The number of aromatic hydroxyl groups is 1. The highest BCUT2D eigenvalue weighted by Gasteiger charge is 2.18. The topological polar surface area (TPSA) is 61.8 Å². The molecule has 0 aromatic heterocycles. The summed E-state index contributed by atoms with van der Waals surface area (Å²) in [5, 5.41) is 12.5. The molecule has 5 heteroatoms. The van der Waals surface area contributed by atoms with Crippen LogP contribution in [0.1, 0.15) is 24.0 Å². The first-order valence-electron chi connectivity index (χ1n) is 8.58. The second-order valence-electron chi connectivity index (χ2n) is 6.42. The first-order chi connectivity index (χ1) is 12.1. The molecule has 2 aromatic rings. The van der Waals surface area contributed by atoms with E-state index in [4.69, 9.17) is 4.74 Å². The van der Waals surface area contributed by atoms with E-state index in [9.17, 15) is 9.90 Å². The van der Waals surface area contributed by atoms with Crippen molar-refractivity contribution in [2.75, 3.05) is 30.4 Å². The zero-order chi connectivity index (χ0) is 17.8. The van der Waals surface area contributed by atoms with E-state index in [1.165, 1.54) is 5.56 Å². The number of amides is 1. The second-order valence-corrected chi connectivity index (χ2v) is 6.42. The van der Waals surface area contributed by atoms with Crippen LogP contribution in [0.25, 0.3) is 0 Å². The third-order valence-corrected chi connectivity index (χ3v) is 4.57. The molecule has 0 radical (unpaired) electrons. The summed E-state index contributed by atoms with van der Waals surface area (Å²) in [6.45, 7) is 2.98. The molecule has 1 aliphatic heterocycles. The molecule has 0 unspecified atom stereocenters. The Bertz CT molecular complexity index is 774. The molecule has 0 saturated carbocycles. The first-order valence-corrected chi connectivity index (χ1v) is 8.58. The molecular weight excluding hydrogens is 316 g/mol. The number of carbonyl (C=O) groups is 1. The summed E-state index contributed by atoms with van der Waals surface area (Å²) in [5.74, 6) is 1.02. The molecule has 132 valence electrons. The molecule has 1 heterocycles. The average Bonchev–Trinajstić information content (AvgIpc) is 2.80.